The third-order valence-corrected chi connectivity index (χ3v) is 5.40. The smallest absolute Gasteiger partial charge is 0.322 e. The second-order valence-electron chi connectivity index (χ2n) is 8.30. The van der Waals surface area contributed by atoms with Crippen LogP contribution < -0.4 is 10.9 Å². The Hall–Kier alpha value is -3.40. The Bertz CT molecular complexity index is 1270. The van der Waals surface area contributed by atoms with Gasteiger partial charge in [0.15, 0.2) is 17.5 Å². The third-order valence-electron chi connectivity index (χ3n) is 5.40. The van der Waals surface area contributed by atoms with Gasteiger partial charge in [0, 0.05) is 35.6 Å². The molecule has 3 aromatic rings. The molecule has 2 aromatic carbocycles. The van der Waals surface area contributed by atoms with E-state index in [0.29, 0.717) is 28.8 Å². The van der Waals surface area contributed by atoms with Crippen LogP contribution in [-0.4, -0.2) is 29.1 Å². The molecule has 0 bridgehead atoms. The average Bonchev–Trinajstić information content (AvgIpc) is 2.75. The lowest BCUT2D eigenvalue weighted by molar-refractivity contribution is 0.0425. The molecular formula is C23H21F4N3O3. The molecule has 0 saturated heterocycles. The highest BCUT2D eigenvalue weighted by atomic mass is 19.2. The van der Waals surface area contributed by atoms with Gasteiger partial charge in [-0.05, 0) is 23.4 Å². The Morgan fingerprint density at radius 3 is 2.52 bits per heavy atom. The Kier molecular flexibility index (Phi) is 6.11. The van der Waals surface area contributed by atoms with Gasteiger partial charge in [-0.3, -0.25) is 4.79 Å². The summed E-state index contributed by atoms with van der Waals surface area (Å²) in [6.45, 7) is 4.16. The minimum atomic E-state index is -1.63. The highest BCUT2D eigenvalue weighted by Gasteiger charge is 2.33. The number of aromatic amines is 1. The fraction of sp³-hybridized carbons (Fsp3) is 0.304. The van der Waals surface area contributed by atoms with E-state index in [4.69, 9.17) is 4.74 Å². The number of carbonyl (C=O) groups excluding carboxylic acids is 1. The molecule has 174 valence electrons. The molecule has 0 aliphatic carbocycles. The molecule has 2 heterocycles. The number of nitrogens with zero attached hydrogens (tertiary/aromatic N) is 1. The molecule has 0 radical (unpaired) electrons. The SMILES string of the molecule is CC(C)CN(C(=O)Nc1cc(F)c(F)c(F)c1)[C@H]1COCc2[nH]c(=O)c3cc(F)ccc3c21. The van der Waals surface area contributed by atoms with E-state index in [0.717, 1.165) is 6.07 Å². The lowest BCUT2D eigenvalue weighted by Crippen LogP contribution is -2.44. The van der Waals surface area contributed by atoms with Crippen LogP contribution in [0.15, 0.2) is 35.1 Å². The topological polar surface area (TPSA) is 74.4 Å². The maximum Gasteiger partial charge on any atom is 0.322 e. The third kappa shape index (κ3) is 4.43. The lowest BCUT2D eigenvalue weighted by Gasteiger charge is -2.37. The van der Waals surface area contributed by atoms with Crippen LogP contribution in [-0.2, 0) is 11.3 Å². The minimum absolute atomic E-state index is 0.00529. The Morgan fingerprint density at radius 1 is 1.15 bits per heavy atom. The summed E-state index contributed by atoms with van der Waals surface area (Å²) in [7, 11) is 0. The number of fused-ring (bicyclic) bond motifs is 3. The van der Waals surface area contributed by atoms with Gasteiger partial charge in [0.2, 0.25) is 0 Å². The molecule has 0 fully saturated rings. The zero-order valence-corrected chi connectivity index (χ0v) is 17.8. The second-order valence-corrected chi connectivity index (χ2v) is 8.30. The number of amides is 2. The van der Waals surface area contributed by atoms with E-state index in [2.05, 4.69) is 10.3 Å². The van der Waals surface area contributed by atoms with E-state index >= 15 is 0 Å². The van der Waals surface area contributed by atoms with Crippen molar-refractivity contribution >= 4 is 22.5 Å². The number of benzene rings is 2. The van der Waals surface area contributed by atoms with E-state index in [1.807, 2.05) is 13.8 Å². The van der Waals surface area contributed by atoms with Crippen molar-refractivity contribution in [2.75, 3.05) is 18.5 Å². The zero-order chi connectivity index (χ0) is 23.9. The molecule has 10 heteroatoms. The molecule has 1 aliphatic rings. The second kappa shape index (κ2) is 8.86. The van der Waals surface area contributed by atoms with E-state index < -0.39 is 40.9 Å². The minimum Gasteiger partial charge on any atom is -0.373 e. The van der Waals surface area contributed by atoms with Crippen molar-refractivity contribution in [1.29, 1.82) is 0 Å². The van der Waals surface area contributed by atoms with Gasteiger partial charge in [-0.25, -0.2) is 22.4 Å². The highest BCUT2D eigenvalue weighted by molar-refractivity contribution is 5.91. The van der Waals surface area contributed by atoms with Crippen LogP contribution in [0.25, 0.3) is 10.8 Å². The normalized spacial score (nSPS) is 15.5. The molecule has 1 aromatic heterocycles. The Balaban J connectivity index is 1.78. The Morgan fingerprint density at radius 2 is 1.85 bits per heavy atom. The summed E-state index contributed by atoms with van der Waals surface area (Å²) in [5.41, 5.74) is 0.319. The first-order valence-corrected chi connectivity index (χ1v) is 10.3. The number of rotatable bonds is 4. The zero-order valence-electron chi connectivity index (χ0n) is 17.8. The first-order valence-electron chi connectivity index (χ1n) is 10.3. The quantitative estimate of drug-likeness (QED) is 0.429. The molecule has 0 saturated carbocycles. The van der Waals surface area contributed by atoms with Crippen LogP contribution in [0.2, 0.25) is 0 Å². The van der Waals surface area contributed by atoms with Crippen molar-refractivity contribution in [3.05, 3.63) is 75.2 Å². The van der Waals surface area contributed by atoms with Gasteiger partial charge in [0.1, 0.15) is 5.82 Å². The van der Waals surface area contributed by atoms with Crippen LogP contribution in [0.5, 0.6) is 0 Å². The van der Waals surface area contributed by atoms with Crippen molar-refractivity contribution in [1.82, 2.24) is 9.88 Å². The lowest BCUT2D eigenvalue weighted by atomic mass is 9.95. The molecule has 1 atom stereocenters. The summed E-state index contributed by atoms with van der Waals surface area (Å²) >= 11 is 0. The van der Waals surface area contributed by atoms with E-state index in [-0.39, 0.29) is 36.8 Å². The van der Waals surface area contributed by atoms with Crippen LogP contribution in [0.1, 0.15) is 31.1 Å². The monoisotopic (exact) mass is 463 g/mol. The van der Waals surface area contributed by atoms with E-state index in [1.165, 1.54) is 17.0 Å². The molecule has 4 rings (SSSR count). The standard InChI is InChI=1S/C23H21F4N3O3/c1-11(2)8-30(23(32)28-13-6-16(25)21(27)17(26)7-13)19-10-33-9-18-20(19)14-4-3-12(24)5-15(14)22(31)29-18/h3-7,11,19H,8-10H2,1-2H3,(H,28,32)(H,29,31)/t19-/m0/s1. The first kappa shape index (κ1) is 22.8. The summed E-state index contributed by atoms with van der Waals surface area (Å²) in [5, 5.41) is 3.01. The predicted octanol–water partition coefficient (Wildman–Crippen LogP) is 4.85. The van der Waals surface area contributed by atoms with Crippen molar-refractivity contribution in [2.24, 2.45) is 5.92 Å². The van der Waals surface area contributed by atoms with Crippen LogP contribution in [0, 0.1) is 29.2 Å². The number of hydrogen-bond donors (Lipinski definition) is 2. The first-order chi connectivity index (χ1) is 15.7. The number of halogens is 4. The van der Waals surface area contributed by atoms with Gasteiger partial charge in [-0.2, -0.15) is 0 Å². The number of hydrogen-bond acceptors (Lipinski definition) is 3. The summed E-state index contributed by atoms with van der Waals surface area (Å²) in [5.74, 6) is -5.08. The number of nitrogens with one attached hydrogen (secondary N) is 2. The van der Waals surface area contributed by atoms with Gasteiger partial charge in [-0.15, -0.1) is 0 Å². The van der Waals surface area contributed by atoms with Crippen molar-refractivity contribution in [3.8, 4) is 0 Å². The highest BCUT2D eigenvalue weighted by Crippen LogP contribution is 2.34. The average molecular weight is 463 g/mol. The maximum absolute atomic E-state index is 13.8. The van der Waals surface area contributed by atoms with Crippen LogP contribution in [0.3, 0.4) is 0 Å². The number of aromatic nitrogens is 1. The molecular weight excluding hydrogens is 442 g/mol. The molecule has 2 amide bonds. The van der Waals surface area contributed by atoms with Crippen molar-refractivity contribution in [3.63, 3.8) is 0 Å². The van der Waals surface area contributed by atoms with Crippen molar-refractivity contribution < 1.29 is 27.1 Å². The van der Waals surface area contributed by atoms with Crippen LogP contribution >= 0.6 is 0 Å². The van der Waals surface area contributed by atoms with Crippen LogP contribution in [0.4, 0.5) is 28.0 Å². The molecule has 6 nitrogen and oxygen atoms in total. The molecule has 1 aliphatic heterocycles. The van der Waals surface area contributed by atoms with E-state index in [1.54, 1.807) is 0 Å². The molecule has 2 N–H and O–H groups in total. The predicted molar refractivity (Wildman–Crippen MR) is 114 cm³/mol. The summed E-state index contributed by atoms with van der Waals surface area (Å²) in [6, 6.07) is 3.82. The van der Waals surface area contributed by atoms with Gasteiger partial charge >= 0.3 is 6.03 Å². The molecule has 0 spiro atoms. The van der Waals surface area contributed by atoms with Gasteiger partial charge in [0.25, 0.3) is 5.56 Å². The number of anilines is 1. The summed E-state index contributed by atoms with van der Waals surface area (Å²) < 4.78 is 60.0. The number of pyridine rings is 1. The van der Waals surface area contributed by atoms with E-state index in [9.17, 15) is 27.2 Å². The fourth-order valence-electron chi connectivity index (χ4n) is 4.04. The van der Waals surface area contributed by atoms with Gasteiger partial charge in [0.05, 0.1) is 24.6 Å². The number of carbonyl (C=O) groups is 1. The molecule has 33 heavy (non-hydrogen) atoms. The number of ether oxygens (including phenoxy) is 1. The fourth-order valence-corrected chi connectivity index (χ4v) is 4.04. The number of H-pyrrole nitrogens is 1. The Labute approximate surface area is 186 Å². The maximum atomic E-state index is 13.8. The number of urea groups is 1. The molecule has 0 unspecified atom stereocenters. The largest absolute Gasteiger partial charge is 0.373 e. The summed E-state index contributed by atoms with van der Waals surface area (Å²) in [4.78, 5) is 29.8. The summed E-state index contributed by atoms with van der Waals surface area (Å²) in [6.07, 6.45) is 0. The van der Waals surface area contributed by atoms with Crippen molar-refractivity contribution in [2.45, 2.75) is 26.5 Å². The van der Waals surface area contributed by atoms with Gasteiger partial charge < -0.3 is 19.9 Å². The van der Waals surface area contributed by atoms with Gasteiger partial charge in [-0.1, -0.05) is 19.9 Å².